The molecule has 1 aromatic carbocycles. The smallest absolute Gasteiger partial charge is 0.249 e. The van der Waals surface area contributed by atoms with Crippen LogP contribution >= 0.6 is 46.3 Å². The van der Waals surface area contributed by atoms with Gasteiger partial charge in [0.05, 0.1) is 15.6 Å². The van der Waals surface area contributed by atoms with E-state index in [0.717, 1.165) is 12.0 Å². The van der Waals surface area contributed by atoms with Crippen molar-refractivity contribution in [3.63, 3.8) is 0 Å². The normalized spacial score (nSPS) is 24.8. The molecule has 9 heteroatoms. The number of carbonyl (C=O) groups is 2. The molecule has 26 heavy (non-hydrogen) atoms. The number of benzene rings is 1. The Morgan fingerprint density at radius 2 is 2.23 bits per heavy atom. The second-order valence-electron chi connectivity index (χ2n) is 6.42. The Bertz CT molecular complexity index is 904. The molecular formula is C17H15Cl2N3O2S2. The first-order valence-electron chi connectivity index (χ1n) is 8.05. The Kier molecular flexibility index (Phi) is 4.67. The Labute approximate surface area is 169 Å². The third-order valence-electron chi connectivity index (χ3n) is 4.69. The molecule has 136 valence electrons. The van der Waals surface area contributed by atoms with Gasteiger partial charge in [0.15, 0.2) is 5.13 Å². The predicted octanol–water partition coefficient (Wildman–Crippen LogP) is 4.51. The number of nitrogens with zero attached hydrogens (tertiary/aromatic N) is 2. The number of thioether (sulfide) groups is 1. The molecular weight excluding hydrogens is 413 g/mol. The second-order valence-corrected chi connectivity index (χ2v) is 9.62. The van der Waals surface area contributed by atoms with Crippen LogP contribution < -0.4 is 5.32 Å². The number of anilines is 1. The van der Waals surface area contributed by atoms with Crippen molar-refractivity contribution in [2.75, 3.05) is 11.1 Å². The highest BCUT2D eigenvalue weighted by molar-refractivity contribution is 8.01. The quantitative estimate of drug-likeness (QED) is 0.782. The van der Waals surface area contributed by atoms with Crippen LogP contribution in [-0.2, 0) is 9.59 Å². The van der Waals surface area contributed by atoms with Crippen molar-refractivity contribution < 1.29 is 9.59 Å². The van der Waals surface area contributed by atoms with Crippen LogP contribution in [0.1, 0.15) is 19.8 Å². The van der Waals surface area contributed by atoms with Gasteiger partial charge in [0.2, 0.25) is 11.8 Å². The minimum Gasteiger partial charge on any atom is -0.315 e. The molecule has 2 atom stereocenters. The first-order chi connectivity index (χ1) is 12.4. The van der Waals surface area contributed by atoms with Gasteiger partial charge in [0.1, 0.15) is 6.04 Å². The third-order valence-corrected chi connectivity index (χ3v) is 7.51. The average molecular weight is 428 g/mol. The number of thiazole rings is 1. The third kappa shape index (κ3) is 3.11. The van der Waals surface area contributed by atoms with E-state index < -0.39 is 6.04 Å². The minimum atomic E-state index is -0.456. The molecule has 2 aliphatic heterocycles. The fourth-order valence-corrected chi connectivity index (χ4v) is 5.88. The summed E-state index contributed by atoms with van der Waals surface area (Å²) in [6.07, 6.45) is 1.29. The van der Waals surface area contributed by atoms with Crippen LogP contribution in [0.15, 0.2) is 23.6 Å². The summed E-state index contributed by atoms with van der Waals surface area (Å²) >= 11 is 15.2. The van der Waals surface area contributed by atoms with Gasteiger partial charge < -0.3 is 10.2 Å². The highest BCUT2D eigenvalue weighted by Crippen LogP contribution is 2.47. The van der Waals surface area contributed by atoms with Gasteiger partial charge in [-0.2, -0.15) is 0 Å². The number of fused-ring (bicyclic) bond motifs is 1. The van der Waals surface area contributed by atoms with E-state index in [-0.39, 0.29) is 16.7 Å². The van der Waals surface area contributed by atoms with Gasteiger partial charge >= 0.3 is 0 Å². The van der Waals surface area contributed by atoms with Crippen molar-refractivity contribution in [3.8, 4) is 11.3 Å². The topological polar surface area (TPSA) is 62.3 Å². The van der Waals surface area contributed by atoms with E-state index in [9.17, 15) is 9.59 Å². The van der Waals surface area contributed by atoms with E-state index in [2.05, 4.69) is 10.3 Å². The molecule has 0 spiro atoms. The van der Waals surface area contributed by atoms with Crippen molar-refractivity contribution in [1.29, 1.82) is 0 Å². The molecule has 2 unspecified atom stereocenters. The van der Waals surface area contributed by atoms with Crippen LogP contribution in [0.3, 0.4) is 0 Å². The van der Waals surface area contributed by atoms with Gasteiger partial charge in [-0.25, -0.2) is 4.98 Å². The standard InChI is InChI=1S/C17H15Cl2N3O2S2/c1-17-5-4-14(23)22(17)13(8-26-17)15(24)21-16-20-12(7-25-16)10-6-9(18)2-3-11(10)19/h2-3,6-7,13H,4-5,8H2,1H3,(H,20,21,24). The minimum absolute atomic E-state index is 0.0446. The summed E-state index contributed by atoms with van der Waals surface area (Å²) in [6, 6.07) is 4.71. The fraction of sp³-hybridized carbons (Fsp3) is 0.353. The summed E-state index contributed by atoms with van der Waals surface area (Å²) in [4.78, 5) is 30.8. The molecule has 0 aliphatic carbocycles. The van der Waals surface area contributed by atoms with Crippen LogP contribution in [0.2, 0.25) is 10.0 Å². The maximum absolute atomic E-state index is 12.7. The van der Waals surface area contributed by atoms with Gasteiger partial charge in [-0.3, -0.25) is 9.59 Å². The van der Waals surface area contributed by atoms with Crippen LogP contribution in [-0.4, -0.2) is 38.4 Å². The first kappa shape index (κ1) is 18.1. The molecule has 3 heterocycles. The van der Waals surface area contributed by atoms with Gasteiger partial charge in [-0.05, 0) is 31.5 Å². The number of carbonyl (C=O) groups excluding carboxylic acids is 2. The molecule has 2 saturated heterocycles. The molecule has 2 aromatic rings. The van der Waals surface area contributed by atoms with E-state index in [1.807, 2.05) is 12.3 Å². The SMILES string of the molecule is CC12CCC(=O)N1C(C(=O)Nc1nc(-c3cc(Cl)ccc3Cl)cs1)CS2. The zero-order valence-corrected chi connectivity index (χ0v) is 16.9. The molecule has 2 amide bonds. The monoisotopic (exact) mass is 427 g/mol. The maximum atomic E-state index is 12.7. The zero-order valence-electron chi connectivity index (χ0n) is 13.8. The van der Waals surface area contributed by atoms with Crippen LogP contribution in [0, 0.1) is 0 Å². The lowest BCUT2D eigenvalue weighted by Gasteiger charge is -2.29. The fourth-order valence-electron chi connectivity index (χ4n) is 3.35. The average Bonchev–Trinajstić information content (AvgIpc) is 3.26. The van der Waals surface area contributed by atoms with E-state index in [0.29, 0.717) is 33.0 Å². The summed E-state index contributed by atoms with van der Waals surface area (Å²) in [6.45, 7) is 2.03. The number of halogens is 2. The van der Waals surface area contributed by atoms with Crippen LogP contribution in [0.4, 0.5) is 5.13 Å². The molecule has 2 aliphatic rings. The largest absolute Gasteiger partial charge is 0.315 e. The molecule has 4 rings (SSSR count). The van der Waals surface area contributed by atoms with Crippen LogP contribution in [0.5, 0.6) is 0 Å². The molecule has 1 N–H and O–H groups in total. The van der Waals surface area contributed by atoms with E-state index in [1.165, 1.54) is 11.3 Å². The van der Waals surface area contributed by atoms with Gasteiger partial charge in [0, 0.05) is 28.1 Å². The van der Waals surface area contributed by atoms with Crippen molar-refractivity contribution in [1.82, 2.24) is 9.88 Å². The molecule has 0 saturated carbocycles. The predicted molar refractivity (Wildman–Crippen MR) is 107 cm³/mol. The molecule has 0 radical (unpaired) electrons. The summed E-state index contributed by atoms with van der Waals surface area (Å²) < 4.78 is 0. The maximum Gasteiger partial charge on any atom is 0.249 e. The molecule has 1 aromatic heterocycles. The lowest BCUT2D eigenvalue weighted by Crippen LogP contribution is -2.48. The second kappa shape index (κ2) is 6.71. The number of amides is 2. The Balaban J connectivity index is 1.52. The first-order valence-corrected chi connectivity index (χ1v) is 10.7. The van der Waals surface area contributed by atoms with E-state index in [1.54, 1.807) is 34.9 Å². The summed E-state index contributed by atoms with van der Waals surface area (Å²) in [5.74, 6) is 0.449. The molecule has 2 fully saturated rings. The van der Waals surface area contributed by atoms with Gasteiger partial charge in [-0.15, -0.1) is 23.1 Å². The molecule has 5 nitrogen and oxygen atoms in total. The van der Waals surface area contributed by atoms with E-state index in [4.69, 9.17) is 23.2 Å². The van der Waals surface area contributed by atoms with Crippen molar-refractivity contribution in [2.45, 2.75) is 30.7 Å². The van der Waals surface area contributed by atoms with Crippen LogP contribution in [0.25, 0.3) is 11.3 Å². The van der Waals surface area contributed by atoms with Crippen molar-refractivity contribution in [3.05, 3.63) is 33.6 Å². The van der Waals surface area contributed by atoms with Crippen molar-refractivity contribution in [2.24, 2.45) is 0 Å². The number of nitrogens with one attached hydrogen (secondary N) is 1. The zero-order chi connectivity index (χ0) is 18.5. The Hall–Kier alpha value is -1.28. The highest BCUT2D eigenvalue weighted by atomic mass is 35.5. The lowest BCUT2D eigenvalue weighted by atomic mass is 10.2. The van der Waals surface area contributed by atoms with Crippen molar-refractivity contribution >= 4 is 63.2 Å². The Morgan fingerprint density at radius 3 is 3.04 bits per heavy atom. The lowest BCUT2D eigenvalue weighted by molar-refractivity contribution is -0.135. The van der Waals surface area contributed by atoms with E-state index >= 15 is 0 Å². The molecule has 0 bridgehead atoms. The summed E-state index contributed by atoms with van der Waals surface area (Å²) in [5.41, 5.74) is 1.37. The van der Waals surface area contributed by atoms with Gasteiger partial charge in [-0.1, -0.05) is 23.2 Å². The van der Waals surface area contributed by atoms with Gasteiger partial charge in [0.25, 0.3) is 0 Å². The summed E-state index contributed by atoms with van der Waals surface area (Å²) in [7, 11) is 0. The number of hydrogen-bond donors (Lipinski definition) is 1. The highest BCUT2D eigenvalue weighted by Gasteiger charge is 2.52. The number of hydrogen-bond acceptors (Lipinski definition) is 5. The number of aromatic nitrogens is 1. The Morgan fingerprint density at radius 1 is 1.42 bits per heavy atom. The number of rotatable bonds is 3. The summed E-state index contributed by atoms with van der Waals surface area (Å²) in [5, 5.41) is 6.25.